The third-order valence-corrected chi connectivity index (χ3v) is 3.49. The summed E-state index contributed by atoms with van der Waals surface area (Å²) in [5.41, 5.74) is 0. The van der Waals surface area contributed by atoms with Gasteiger partial charge in [-0.25, -0.2) is 0 Å². The zero-order valence-corrected chi connectivity index (χ0v) is 11.2. The highest BCUT2D eigenvalue weighted by Crippen LogP contribution is 2.11. The fourth-order valence-electron chi connectivity index (χ4n) is 2.50. The fourth-order valence-corrected chi connectivity index (χ4v) is 2.50. The average Bonchev–Trinajstić information content (AvgIpc) is 2.83. The van der Waals surface area contributed by atoms with Crippen LogP contribution in [0, 0.1) is 0 Å². The molecule has 2 fully saturated rings. The lowest BCUT2D eigenvalue weighted by atomic mass is 10.2. The number of hydrogen-bond acceptors (Lipinski definition) is 4. The van der Waals surface area contributed by atoms with Crippen molar-refractivity contribution in [2.45, 2.75) is 12.5 Å². The molecule has 2 aliphatic heterocycles. The molecule has 1 unspecified atom stereocenters. The number of methoxy groups -OCH3 is 1. The summed E-state index contributed by atoms with van der Waals surface area (Å²) in [6.07, 6.45) is 1.24. The van der Waals surface area contributed by atoms with Crippen LogP contribution in [0.1, 0.15) is 6.42 Å². The van der Waals surface area contributed by atoms with E-state index in [4.69, 9.17) is 4.74 Å². The molecule has 0 bridgehead atoms. The van der Waals surface area contributed by atoms with Gasteiger partial charge in [0.2, 0.25) is 5.91 Å². The molecule has 1 amide bonds. The Labute approximate surface area is 109 Å². The third-order valence-electron chi connectivity index (χ3n) is 3.49. The van der Waals surface area contributed by atoms with E-state index in [0.29, 0.717) is 6.04 Å². The van der Waals surface area contributed by atoms with Crippen molar-refractivity contribution >= 4 is 18.3 Å². The number of halogens is 1. The minimum Gasteiger partial charge on any atom is -0.375 e. The monoisotopic (exact) mass is 263 g/mol. The van der Waals surface area contributed by atoms with Crippen molar-refractivity contribution in [1.82, 2.24) is 15.1 Å². The molecule has 2 rings (SSSR count). The van der Waals surface area contributed by atoms with Crippen LogP contribution in [-0.4, -0.2) is 74.7 Å². The molecule has 0 aromatic rings. The minimum absolute atomic E-state index is 0. The highest BCUT2D eigenvalue weighted by Gasteiger charge is 2.27. The molecule has 2 heterocycles. The molecule has 0 spiro atoms. The Morgan fingerprint density at radius 3 is 2.59 bits per heavy atom. The van der Waals surface area contributed by atoms with Crippen molar-refractivity contribution in [2.24, 2.45) is 0 Å². The Balaban J connectivity index is 0.00000144. The Bertz CT molecular complexity index is 239. The van der Waals surface area contributed by atoms with E-state index in [9.17, 15) is 4.79 Å². The second-order valence-electron chi connectivity index (χ2n) is 4.50. The molecule has 100 valence electrons. The first-order valence-electron chi connectivity index (χ1n) is 6.02. The molecule has 0 saturated carbocycles. The van der Waals surface area contributed by atoms with Crippen LogP contribution in [-0.2, 0) is 9.53 Å². The molecule has 6 heteroatoms. The average molecular weight is 264 g/mol. The van der Waals surface area contributed by atoms with E-state index < -0.39 is 0 Å². The number of rotatable bonds is 3. The van der Waals surface area contributed by atoms with Gasteiger partial charge in [-0.3, -0.25) is 9.69 Å². The molecule has 1 atom stereocenters. The van der Waals surface area contributed by atoms with Gasteiger partial charge in [0.15, 0.2) is 0 Å². The lowest BCUT2D eigenvalue weighted by molar-refractivity contribution is -0.137. The first-order chi connectivity index (χ1) is 7.81. The normalized spacial score (nSPS) is 25.7. The lowest BCUT2D eigenvalue weighted by Gasteiger charge is -2.37. The summed E-state index contributed by atoms with van der Waals surface area (Å²) in [7, 11) is 1.57. The van der Waals surface area contributed by atoms with Crippen molar-refractivity contribution in [3.63, 3.8) is 0 Å². The second kappa shape index (κ2) is 7.16. The van der Waals surface area contributed by atoms with Crippen molar-refractivity contribution in [2.75, 3.05) is 53.0 Å². The van der Waals surface area contributed by atoms with E-state index >= 15 is 0 Å². The topological polar surface area (TPSA) is 44.8 Å². The zero-order chi connectivity index (χ0) is 11.4. The second-order valence-corrected chi connectivity index (χ2v) is 4.50. The van der Waals surface area contributed by atoms with E-state index in [-0.39, 0.29) is 24.9 Å². The molecular weight excluding hydrogens is 242 g/mol. The number of nitrogens with zero attached hydrogens (tertiary/aromatic N) is 2. The van der Waals surface area contributed by atoms with Gasteiger partial charge in [-0.2, -0.15) is 0 Å². The van der Waals surface area contributed by atoms with Gasteiger partial charge in [0.05, 0.1) is 0 Å². The number of ether oxygens (including phenoxy) is 1. The molecule has 2 aliphatic rings. The Kier molecular flexibility index (Phi) is 6.19. The summed E-state index contributed by atoms with van der Waals surface area (Å²) in [5.74, 6) is 0.117. The van der Waals surface area contributed by atoms with Crippen LogP contribution in [0.2, 0.25) is 0 Å². The Morgan fingerprint density at radius 2 is 2.06 bits per heavy atom. The Hall–Kier alpha value is -0.360. The summed E-state index contributed by atoms with van der Waals surface area (Å²) in [4.78, 5) is 16.0. The number of amides is 1. The maximum Gasteiger partial charge on any atom is 0.248 e. The van der Waals surface area contributed by atoms with E-state index in [1.807, 2.05) is 4.90 Å². The first kappa shape index (κ1) is 14.7. The van der Waals surface area contributed by atoms with Gasteiger partial charge in [-0.05, 0) is 13.0 Å². The summed E-state index contributed by atoms with van der Waals surface area (Å²) in [6, 6.07) is 0.680. The lowest BCUT2D eigenvalue weighted by Crippen LogP contribution is -2.53. The van der Waals surface area contributed by atoms with E-state index in [1.165, 1.54) is 6.42 Å². The van der Waals surface area contributed by atoms with Gasteiger partial charge in [-0.15, -0.1) is 12.4 Å². The van der Waals surface area contributed by atoms with Gasteiger partial charge < -0.3 is 15.0 Å². The maximum atomic E-state index is 11.6. The predicted molar refractivity (Wildman–Crippen MR) is 68.6 cm³/mol. The molecule has 0 aromatic heterocycles. The van der Waals surface area contributed by atoms with Crippen molar-refractivity contribution < 1.29 is 9.53 Å². The summed E-state index contributed by atoms with van der Waals surface area (Å²) in [5, 5.41) is 3.38. The molecule has 0 aromatic carbocycles. The number of nitrogens with one attached hydrogen (secondary N) is 1. The minimum atomic E-state index is 0. The summed E-state index contributed by atoms with van der Waals surface area (Å²) >= 11 is 0. The maximum absolute atomic E-state index is 11.6. The molecule has 17 heavy (non-hydrogen) atoms. The van der Waals surface area contributed by atoms with Crippen molar-refractivity contribution in [3.8, 4) is 0 Å². The van der Waals surface area contributed by atoms with Crippen LogP contribution in [0.5, 0.6) is 0 Å². The van der Waals surface area contributed by atoms with Gasteiger partial charge >= 0.3 is 0 Å². The first-order valence-corrected chi connectivity index (χ1v) is 6.02. The largest absolute Gasteiger partial charge is 0.375 e. The van der Waals surface area contributed by atoms with Crippen LogP contribution < -0.4 is 5.32 Å². The van der Waals surface area contributed by atoms with Crippen LogP contribution in [0.4, 0.5) is 0 Å². The molecular formula is C11H22ClN3O2. The quantitative estimate of drug-likeness (QED) is 0.750. The van der Waals surface area contributed by atoms with Crippen LogP contribution >= 0.6 is 12.4 Å². The van der Waals surface area contributed by atoms with Gasteiger partial charge in [-0.1, -0.05) is 0 Å². The molecule has 0 aliphatic carbocycles. The fraction of sp³-hybridized carbons (Fsp3) is 0.909. The number of carbonyl (C=O) groups is 1. The van der Waals surface area contributed by atoms with Crippen LogP contribution in [0.25, 0.3) is 0 Å². The molecule has 0 radical (unpaired) electrons. The van der Waals surface area contributed by atoms with Crippen molar-refractivity contribution in [1.29, 1.82) is 0 Å². The standard InChI is InChI=1S/C11H21N3O2.ClH/c1-16-9-11(15)14-6-4-13(5-7-14)10-2-3-12-8-10;/h10,12H,2-9H2,1H3;1H. The summed E-state index contributed by atoms with van der Waals surface area (Å²) in [6.45, 7) is 6.14. The third kappa shape index (κ3) is 3.81. The molecule has 1 N–H and O–H groups in total. The SMILES string of the molecule is COCC(=O)N1CCN(C2CCNC2)CC1.Cl. The van der Waals surface area contributed by atoms with Gasteiger partial charge in [0.1, 0.15) is 6.61 Å². The summed E-state index contributed by atoms with van der Waals surface area (Å²) < 4.78 is 4.87. The number of piperazine rings is 1. The van der Waals surface area contributed by atoms with Gasteiger partial charge in [0, 0.05) is 45.9 Å². The van der Waals surface area contributed by atoms with Crippen molar-refractivity contribution in [3.05, 3.63) is 0 Å². The highest BCUT2D eigenvalue weighted by molar-refractivity contribution is 5.85. The molecule has 5 nitrogen and oxygen atoms in total. The number of carbonyl (C=O) groups excluding carboxylic acids is 1. The smallest absolute Gasteiger partial charge is 0.248 e. The zero-order valence-electron chi connectivity index (χ0n) is 10.4. The number of hydrogen-bond donors (Lipinski definition) is 1. The van der Waals surface area contributed by atoms with Crippen LogP contribution in [0.15, 0.2) is 0 Å². The highest BCUT2D eigenvalue weighted by atomic mass is 35.5. The van der Waals surface area contributed by atoms with Crippen LogP contribution in [0.3, 0.4) is 0 Å². The predicted octanol–water partition coefficient (Wildman–Crippen LogP) is -0.439. The van der Waals surface area contributed by atoms with E-state index in [1.54, 1.807) is 7.11 Å². The Morgan fingerprint density at radius 1 is 1.35 bits per heavy atom. The van der Waals surface area contributed by atoms with Gasteiger partial charge in [0.25, 0.3) is 0 Å². The van der Waals surface area contributed by atoms with E-state index in [2.05, 4.69) is 10.2 Å². The molecule has 2 saturated heterocycles. The van der Waals surface area contributed by atoms with E-state index in [0.717, 1.165) is 39.3 Å².